The first kappa shape index (κ1) is 21.0. The van der Waals surface area contributed by atoms with Crippen molar-refractivity contribution in [2.75, 3.05) is 18.9 Å². The van der Waals surface area contributed by atoms with Crippen LogP contribution >= 0.6 is 11.6 Å². The Morgan fingerprint density at radius 2 is 1.72 bits per heavy atom. The molecule has 2 aromatic carbocycles. The molecule has 0 bridgehead atoms. The van der Waals surface area contributed by atoms with Crippen LogP contribution in [0.4, 0.5) is 5.69 Å². The van der Waals surface area contributed by atoms with Gasteiger partial charge in [-0.3, -0.25) is 4.79 Å². The van der Waals surface area contributed by atoms with Crippen molar-refractivity contribution in [1.82, 2.24) is 14.1 Å². The van der Waals surface area contributed by atoms with Gasteiger partial charge in [0.15, 0.2) is 0 Å². The van der Waals surface area contributed by atoms with Crippen LogP contribution in [0.5, 0.6) is 0 Å². The highest BCUT2D eigenvalue weighted by Crippen LogP contribution is 2.23. The van der Waals surface area contributed by atoms with Crippen LogP contribution in [0.2, 0.25) is 5.02 Å². The van der Waals surface area contributed by atoms with E-state index in [1.165, 1.54) is 31.3 Å². The Morgan fingerprint density at radius 1 is 1.10 bits per heavy atom. The number of amides is 1. The van der Waals surface area contributed by atoms with Gasteiger partial charge in [-0.05, 0) is 50.2 Å². The predicted octanol–water partition coefficient (Wildman–Crippen LogP) is 3.40. The Morgan fingerprint density at radius 3 is 2.34 bits per heavy atom. The third kappa shape index (κ3) is 4.50. The van der Waals surface area contributed by atoms with Crippen LogP contribution in [0.1, 0.15) is 11.4 Å². The minimum Gasteiger partial charge on any atom is -0.322 e. The lowest BCUT2D eigenvalue weighted by Crippen LogP contribution is -2.35. The molecule has 0 spiro atoms. The maximum atomic E-state index is 12.6. The molecule has 0 radical (unpaired) electrons. The number of hydrogen-bond acceptors (Lipinski definition) is 4. The second-order valence-corrected chi connectivity index (χ2v) is 9.04. The topological polar surface area (TPSA) is 84.3 Å². The van der Waals surface area contributed by atoms with Gasteiger partial charge in [0.1, 0.15) is 0 Å². The van der Waals surface area contributed by atoms with Crippen molar-refractivity contribution in [3.63, 3.8) is 0 Å². The molecule has 9 heteroatoms. The smallest absolute Gasteiger partial charge is 0.243 e. The summed E-state index contributed by atoms with van der Waals surface area (Å²) in [6, 6.07) is 15.3. The van der Waals surface area contributed by atoms with Crippen LogP contribution in [-0.2, 0) is 14.8 Å². The lowest BCUT2D eigenvalue weighted by atomic mass is 10.3. The van der Waals surface area contributed by atoms with E-state index in [0.29, 0.717) is 16.4 Å². The van der Waals surface area contributed by atoms with Crippen molar-refractivity contribution < 1.29 is 13.2 Å². The highest BCUT2D eigenvalue weighted by molar-refractivity contribution is 7.89. The summed E-state index contributed by atoms with van der Waals surface area (Å²) in [6.07, 6.45) is 0. The Kier molecular flexibility index (Phi) is 6.07. The molecular formula is C20H21ClN4O3S. The zero-order chi connectivity index (χ0) is 21.2. The highest BCUT2D eigenvalue weighted by Gasteiger charge is 2.24. The zero-order valence-electron chi connectivity index (χ0n) is 16.3. The summed E-state index contributed by atoms with van der Waals surface area (Å²) in [7, 11) is -2.45. The van der Waals surface area contributed by atoms with Crippen LogP contribution in [0.15, 0.2) is 59.5 Å². The number of nitrogens with zero attached hydrogens (tertiary/aromatic N) is 3. The number of sulfonamides is 1. The van der Waals surface area contributed by atoms with E-state index >= 15 is 0 Å². The van der Waals surface area contributed by atoms with Crippen LogP contribution in [0.3, 0.4) is 0 Å². The molecule has 0 saturated carbocycles. The van der Waals surface area contributed by atoms with E-state index in [-0.39, 0.29) is 11.4 Å². The molecule has 1 amide bonds. The number of carbonyl (C=O) groups is 1. The molecule has 1 heterocycles. The van der Waals surface area contributed by atoms with Crippen molar-refractivity contribution in [1.29, 1.82) is 0 Å². The van der Waals surface area contributed by atoms with E-state index in [0.717, 1.165) is 15.7 Å². The third-order valence-corrected chi connectivity index (χ3v) is 6.51. The van der Waals surface area contributed by atoms with Crippen molar-refractivity contribution >= 4 is 33.2 Å². The minimum absolute atomic E-state index is 0.0708. The molecule has 0 unspecified atom stereocenters. The van der Waals surface area contributed by atoms with E-state index in [4.69, 9.17) is 11.6 Å². The fraction of sp³-hybridized carbons (Fsp3) is 0.200. The van der Waals surface area contributed by atoms with E-state index < -0.39 is 15.9 Å². The van der Waals surface area contributed by atoms with Crippen molar-refractivity contribution in [2.24, 2.45) is 0 Å². The molecule has 0 aliphatic rings. The number of aryl methyl sites for hydroxylation is 1. The number of carbonyl (C=O) groups excluding carboxylic acids is 1. The standard InChI is InChI=1S/C20H21ClN4O3S/c1-14-20(15(2)25(23-14)17-7-5-4-6-8-17)22-19(26)13-24(3)29(27,28)18-11-9-16(21)10-12-18/h4-12H,13H2,1-3H3,(H,22,26). The fourth-order valence-electron chi connectivity index (χ4n) is 2.90. The first-order valence-corrected chi connectivity index (χ1v) is 10.7. The summed E-state index contributed by atoms with van der Waals surface area (Å²) in [5.41, 5.74) is 2.83. The van der Waals surface area contributed by atoms with E-state index in [9.17, 15) is 13.2 Å². The average molecular weight is 433 g/mol. The monoisotopic (exact) mass is 432 g/mol. The summed E-state index contributed by atoms with van der Waals surface area (Å²) in [6.45, 7) is 3.30. The van der Waals surface area contributed by atoms with Gasteiger partial charge < -0.3 is 5.32 Å². The number of benzene rings is 2. The second-order valence-electron chi connectivity index (χ2n) is 6.56. The number of halogens is 1. The molecule has 7 nitrogen and oxygen atoms in total. The number of rotatable bonds is 6. The summed E-state index contributed by atoms with van der Waals surface area (Å²) in [4.78, 5) is 12.6. The quantitative estimate of drug-likeness (QED) is 0.647. The molecule has 1 N–H and O–H groups in total. The van der Waals surface area contributed by atoms with E-state index in [2.05, 4.69) is 10.4 Å². The maximum Gasteiger partial charge on any atom is 0.243 e. The largest absolute Gasteiger partial charge is 0.322 e. The van der Waals surface area contributed by atoms with Gasteiger partial charge in [0, 0.05) is 12.1 Å². The fourth-order valence-corrected chi connectivity index (χ4v) is 4.15. The minimum atomic E-state index is -3.81. The van der Waals surface area contributed by atoms with Gasteiger partial charge in [-0.15, -0.1) is 0 Å². The molecule has 0 fully saturated rings. The Hall–Kier alpha value is -2.68. The number of likely N-dealkylation sites (N-methyl/N-ethyl adjacent to an activating group) is 1. The van der Waals surface area contributed by atoms with Crippen LogP contribution in [0.25, 0.3) is 5.69 Å². The highest BCUT2D eigenvalue weighted by atomic mass is 35.5. The van der Waals surface area contributed by atoms with Crippen molar-refractivity contribution in [2.45, 2.75) is 18.7 Å². The molecule has 0 saturated heterocycles. The Labute approximate surface area is 175 Å². The molecule has 3 rings (SSSR count). The van der Waals surface area contributed by atoms with Gasteiger partial charge in [-0.1, -0.05) is 29.8 Å². The number of aromatic nitrogens is 2. The van der Waals surface area contributed by atoms with E-state index in [1.807, 2.05) is 37.3 Å². The number of para-hydroxylation sites is 1. The predicted molar refractivity (Wildman–Crippen MR) is 113 cm³/mol. The average Bonchev–Trinajstić information content (AvgIpc) is 2.97. The Bertz CT molecular complexity index is 1130. The van der Waals surface area contributed by atoms with E-state index in [1.54, 1.807) is 11.6 Å². The van der Waals surface area contributed by atoms with Crippen LogP contribution in [-0.4, -0.2) is 42.0 Å². The Balaban J connectivity index is 1.76. The summed E-state index contributed by atoms with van der Waals surface area (Å²) in [5, 5.41) is 7.69. The molecule has 0 atom stereocenters. The van der Waals surface area contributed by atoms with Gasteiger partial charge >= 0.3 is 0 Å². The number of anilines is 1. The summed E-state index contributed by atoms with van der Waals surface area (Å²) in [5.74, 6) is -0.455. The molecule has 152 valence electrons. The third-order valence-electron chi connectivity index (χ3n) is 4.44. The number of nitrogens with one attached hydrogen (secondary N) is 1. The molecule has 0 aliphatic heterocycles. The van der Waals surface area contributed by atoms with Gasteiger partial charge in [-0.25, -0.2) is 13.1 Å². The van der Waals surface area contributed by atoms with Gasteiger partial charge in [0.2, 0.25) is 15.9 Å². The maximum absolute atomic E-state index is 12.6. The van der Waals surface area contributed by atoms with Crippen molar-refractivity contribution in [3.8, 4) is 5.69 Å². The SMILES string of the molecule is Cc1nn(-c2ccccc2)c(C)c1NC(=O)CN(C)S(=O)(=O)c1ccc(Cl)cc1. The first-order chi connectivity index (χ1) is 13.7. The summed E-state index contributed by atoms with van der Waals surface area (Å²) < 4.78 is 28.0. The first-order valence-electron chi connectivity index (χ1n) is 8.83. The second kappa shape index (κ2) is 8.36. The molecular weight excluding hydrogens is 412 g/mol. The lowest BCUT2D eigenvalue weighted by Gasteiger charge is -2.17. The lowest BCUT2D eigenvalue weighted by molar-refractivity contribution is -0.116. The molecule has 29 heavy (non-hydrogen) atoms. The van der Waals surface area contributed by atoms with Gasteiger partial charge in [-0.2, -0.15) is 9.40 Å². The van der Waals surface area contributed by atoms with Gasteiger partial charge in [0.05, 0.1) is 34.2 Å². The molecule has 3 aromatic rings. The van der Waals surface area contributed by atoms with Crippen LogP contribution < -0.4 is 5.32 Å². The number of hydrogen-bond donors (Lipinski definition) is 1. The van der Waals surface area contributed by atoms with Crippen LogP contribution in [0, 0.1) is 13.8 Å². The molecule has 0 aliphatic carbocycles. The van der Waals surface area contributed by atoms with Crippen molar-refractivity contribution in [3.05, 3.63) is 71.0 Å². The summed E-state index contributed by atoms with van der Waals surface area (Å²) >= 11 is 5.81. The zero-order valence-corrected chi connectivity index (χ0v) is 17.8. The molecule has 1 aromatic heterocycles. The van der Waals surface area contributed by atoms with Gasteiger partial charge in [0.25, 0.3) is 0 Å². The normalized spacial score (nSPS) is 11.6.